The van der Waals surface area contributed by atoms with Gasteiger partial charge in [-0.25, -0.2) is 9.97 Å². The highest BCUT2D eigenvalue weighted by Gasteiger charge is 2.19. The van der Waals surface area contributed by atoms with Crippen molar-refractivity contribution in [3.05, 3.63) is 71.9 Å². The Kier molecular flexibility index (Phi) is 6.91. The number of fused-ring (bicyclic) bond motifs is 1. The number of benzene rings is 2. The van der Waals surface area contributed by atoms with Crippen LogP contribution in [0.5, 0.6) is 11.5 Å². The van der Waals surface area contributed by atoms with Crippen LogP contribution >= 0.6 is 11.8 Å². The molecule has 2 heterocycles. The number of anilines is 2. The zero-order chi connectivity index (χ0) is 22.3. The van der Waals surface area contributed by atoms with Gasteiger partial charge in [0.1, 0.15) is 19.0 Å². The monoisotopic (exact) mass is 448 g/mol. The predicted octanol–water partition coefficient (Wildman–Crippen LogP) is 3.98. The highest BCUT2D eigenvalue weighted by Crippen LogP contribution is 2.34. The lowest BCUT2D eigenvalue weighted by Crippen LogP contribution is -2.32. The number of ether oxygens (including phenoxy) is 2. The average Bonchev–Trinajstić information content (AvgIpc) is 2.80. The van der Waals surface area contributed by atoms with Gasteiger partial charge in [0.05, 0.1) is 5.75 Å². The fourth-order valence-corrected chi connectivity index (χ4v) is 4.03. The van der Waals surface area contributed by atoms with Crippen molar-refractivity contribution in [2.45, 2.75) is 12.1 Å². The van der Waals surface area contributed by atoms with Gasteiger partial charge in [0.25, 0.3) is 0 Å². The van der Waals surface area contributed by atoms with Crippen molar-refractivity contribution in [1.82, 2.24) is 9.97 Å². The van der Waals surface area contributed by atoms with E-state index in [1.807, 2.05) is 67.6 Å². The third-order valence-corrected chi connectivity index (χ3v) is 5.55. The molecule has 0 radical (unpaired) electrons. The van der Waals surface area contributed by atoms with Crippen LogP contribution in [0.25, 0.3) is 6.08 Å². The third-order valence-electron chi connectivity index (χ3n) is 4.71. The molecule has 1 amide bonds. The van der Waals surface area contributed by atoms with Crippen LogP contribution in [0.15, 0.2) is 65.8 Å². The van der Waals surface area contributed by atoms with E-state index in [4.69, 9.17) is 15.2 Å². The maximum Gasteiger partial charge on any atom is 0.237 e. The van der Waals surface area contributed by atoms with E-state index in [0.717, 1.165) is 16.9 Å². The molecule has 4 rings (SSSR count). The Bertz CT molecular complexity index is 1100. The first-order valence-corrected chi connectivity index (χ1v) is 11.2. The van der Waals surface area contributed by atoms with Gasteiger partial charge in [-0.15, -0.1) is 0 Å². The van der Waals surface area contributed by atoms with Gasteiger partial charge in [-0.05, 0) is 24.6 Å². The lowest BCUT2D eigenvalue weighted by Gasteiger charge is -2.24. The summed E-state index contributed by atoms with van der Waals surface area (Å²) in [4.78, 5) is 23.5. The zero-order valence-electron chi connectivity index (χ0n) is 17.7. The van der Waals surface area contributed by atoms with Gasteiger partial charge < -0.3 is 20.1 Å². The van der Waals surface area contributed by atoms with Crippen molar-refractivity contribution in [2.24, 2.45) is 0 Å². The number of nitrogen functional groups attached to an aromatic ring is 1. The molecule has 1 aliphatic rings. The quantitative estimate of drug-likeness (QED) is 0.432. The molecule has 0 aliphatic carbocycles. The van der Waals surface area contributed by atoms with Gasteiger partial charge in [0.2, 0.25) is 5.91 Å². The van der Waals surface area contributed by atoms with Gasteiger partial charge in [-0.1, -0.05) is 54.2 Å². The second-order valence-electron chi connectivity index (χ2n) is 7.15. The van der Waals surface area contributed by atoms with Crippen molar-refractivity contribution < 1.29 is 14.3 Å². The Labute approximate surface area is 191 Å². The Balaban J connectivity index is 1.53. The Morgan fingerprint density at radius 1 is 1.09 bits per heavy atom. The molecule has 0 atom stereocenters. The fraction of sp³-hybridized carbons (Fsp3) is 0.208. The first-order valence-electron chi connectivity index (χ1n) is 10.2. The van der Waals surface area contributed by atoms with E-state index in [0.29, 0.717) is 42.2 Å². The van der Waals surface area contributed by atoms with E-state index in [9.17, 15) is 4.79 Å². The van der Waals surface area contributed by atoms with Crippen molar-refractivity contribution in [3.8, 4) is 11.5 Å². The molecule has 8 heteroatoms. The van der Waals surface area contributed by atoms with Crippen LogP contribution in [0.3, 0.4) is 0 Å². The first-order chi connectivity index (χ1) is 15.6. The van der Waals surface area contributed by atoms with E-state index in [1.165, 1.54) is 11.8 Å². The summed E-state index contributed by atoms with van der Waals surface area (Å²) in [6.45, 7) is 3.26. The minimum atomic E-state index is -0.0759. The number of carbonyl (C=O) groups excluding carboxylic acids is 1. The summed E-state index contributed by atoms with van der Waals surface area (Å²) in [5.41, 5.74) is 8.38. The molecule has 164 valence electrons. The number of hydrogen-bond acceptors (Lipinski definition) is 7. The van der Waals surface area contributed by atoms with Gasteiger partial charge in [-0.2, -0.15) is 0 Å². The molecular weight excluding hydrogens is 424 g/mol. The average molecular weight is 449 g/mol. The molecule has 32 heavy (non-hydrogen) atoms. The number of nitrogens with zero attached hydrogens (tertiary/aromatic N) is 3. The molecule has 0 unspecified atom stereocenters. The van der Waals surface area contributed by atoms with Gasteiger partial charge in [0, 0.05) is 30.1 Å². The van der Waals surface area contributed by atoms with Crippen LogP contribution in [0.1, 0.15) is 11.3 Å². The number of nitrogens with two attached hydrogens (primary N) is 1. The number of carbonyl (C=O) groups is 1. The van der Waals surface area contributed by atoms with E-state index in [-0.39, 0.29) is 11.7 Å². The molecule has 0 saturated heterocycles. The van der Waals surface area contributed by atoms with Crippen LogP contribution < -0.4 is 20.1 Å². The topological polar surface area (TPSA) is 90.6 Å². The van der Waals surface area contributed by atoms with E-state index < -0.39 is 0 Å². The first kappa shape index (κ1) is 21.7. The van der Waals surface area contributed by atoms with Crippen LogP contribution in [0.4, 0.5) is 11.5 Å². The summed E-state index contributed by atoms with van der Waals surface area (Å²) in [5.74, 6) is 1.82. The van der Waals surface area contributed by atoms with Crippen LogP contribution in [-0.2, 0) is 4.79 Å². The minimum absolute atomic E-state index is 0.0759. The van der Waals surface area contributed by atoms with Gasteiger partial charge in [0.15, 0.2) is 16.7 Å². The molecule has 2 N–H and O–H groups in total. The van der Waals surface area contributed by atoms with Crippen molar-refractivity contribution in [3.63, 3.8) is 0 Å². The van der Waals surface area contributed by atoms with E-state index in [1.54, 1.807) is 11.0 Å². The highest BCUT2D eigenvalue weighted by atomic mass is 32.2. The summed E-state index contributed by atoms with van der Waals surface area (Å²) < 4.78 is 11.3. The standard InChI is InChI=1S/C24H24N4O3S/c1-17-14-22(25)27-24(26-17)32-16-23(29)28(11-5-8-18-6-3-2-4-7-18)19-9-10-20-21(15-19)31-13-12-30-20/h2-10,14-15H,11-13,16H2,1H3,(H2,25,26,27)/b8-5-. The predicted molar refractivity (Wildman–Crippen MR) is 127 cm³/mol. The number of hydrogen-bond donors (Lipinski definition) is 1. The Hall–Kier alpha value is -3.52. The minimum Gasteiger partial charge on any atom is -0.486 e. The summed E-state index contributed by atoms with van der Waals surface area (Å²) in [6, 6.07) is 17.2. The second kappa shape index (κ2) is 10.2. The summed E-state index contributed by atoms with van der Waals surface area (Å²) in [6.07, 6.45) is 3.96. The van der Waals surface area contributed by atoms with Crippen LogP contribution in [-0.4, -0.2) is 41.4 Å². The largest absolute Gasteiger partial charge is 0.486 e. The maximum absolute atomic E-state index is 13.2. The van der Waals surface area contributed by atoms with Gasteiger partial charge in [-0.3, -0.25) is 4.79 Å². The molecule has 1 aliphatic heterocycles. The molecular formula is C24H24N4O3S. The smallest absolute Gasteiger partial charge is 0.237 e. The van der Waals surface area contributed by atoms with E-state index >= 15 is 0 Å². The lowest BCUT2D eigenvalue weighted by molar-refractivity contribution is -0.116. The fourth-order valence-electron chi connectivity index (χ4n) is 3.24. The molecule has 0 fully saturated rings. The lowest BCUT2D eigenvalue weighted by atomic mass is 10.2. The third kappa shape index (κ3) is 5.59. The van der Waals surface area contributed by atoms with Crippen LogP contribution in [0, 0.1) is 6.92 Å². The Morgan fingerprint density at radius 2 is 1.88 bits per heavy atom. The molecule has 0 saturated carbocycles. The molecule has 0 spiro atoms. The van der Waals surface area contributed by atoms with Crippen molar-refractivity contribution >= 4 is 35.3 Å². The summed E-state index contributed by atoms with van der Waals surface area (Å²) in [7, 11) is 0. The summed E-state index contributed by atoms with van der Waals surface area (Å²) >= 11 is 1.27. The number of amides is 1. The number of rotatable bonds is 7. The molecule has 1 aromatic heterocycles. The molecule has 0 bridgehead atoms. The van der Waals surface area contributed by atoms with Gasteiger partial charge >= 0.3 is 0 Å². The normalized spacial score (nSPS) is 12.7. The summed E-state index contributed by atoms with van der Waals surface area (Å²) in [5, 5.41) is 0.484. The van der Waals surface area contributed by atoms with E-state index in [2.05, 4.69) is 9.97 Å². The number of aromatic nitrogens is 2. The zero-order valence-corrected chi connectivity index (χ0v) is 18.5. The molecule has 7 nitrogen and oxygen atoms in total. The maximum atomic E-state index is 13.2. The highest BCUT2D eigenvalue weighted by molar-refractivity contribution is 7.99. The SMILES string of the molecule is Cc1cc(N)nc(SCC(=O)N(C/C=C\c2ccccc2)c2ccc3c(c2)OCCO3)n1. The van der Waals surface area contributed by atoms with Crippen LogP contribution in [0.2, 0.25) is 0 Å². The molecule has 2 aromatic carbocycles. The Morgan fingerprint density at radius 3 is 2.66 bits per heavy atom. The van der Waals surface area contributed by atoms with Crippen molar-refractivity contribution in [1.29, 1.82) is 0 Å². The van der Waals surface area contributed by atoms with Crippen molar-refractivity contribution in [2.75, 3.05) is 36.1 Å². The number of aryl methyl sites for hydroxylation is 1. The number of thioether (sulfide) groups is 1. The second-order valence-corrected chi connectivity index (χ2v) is 8.09. The molecule has 3 aromatic rings.